The SMILES string of the molecule is CCCCCCCCN(CCCCCCCC)c1nc(NCCCCC2CC(C)(C)NC(C)(C)C2)nc(NCCCCC2CC(C)(C)NC(C)(C)C2)n1. The molecule has 0 saturated carbocycles. The first-order chi connectivity index (χ1) is 25.1. The monoisotopic (exact) mass is 741 g/mol. The number of unbranched alkanes of at least 4 members (excludes halogenated alkanes) is 12. The maximum atomic E-state index is 5.09. The van der Waals surface area contributed by atoms with Crippen LogP contribution in [0.15, 0.2) is 0 Å². The van der Waals surface area contributed by atoms with Gasteiger partial charge in [-0.3, -0.25) is 0 Å². The summed E-state index contributed by atoms with van der Waals surface area (Å²) in [5.41, 5.74) is 0.863. The van der Waals surface area contributed by atoms with Crippen molar-refractivity contribution in [2.24, 2.45) is 11.8 Å². The molecule has 3 rings (SSSR count). The van der Waals surface area contributed by atoms with Crippen LogP contribution >= 0.6 is 0 Å². The van der Waals surface area contributed by atoms with Gasteiger partial charge in [0.05, 0.1) is 0 Å². The molecule has 4 N–H and O–H groups in total. The Morgan fingerprint density at radius 3 is 1.23 bits per heavy atom. The third-order valence-corrected chi connectivity index (χ3v) is 11.7. The Morgan fingerprint density at radius 1 is 0.491 bits per heavy atom. The van der Waals surface area contributed by atoms with Gasteiger partial charge in [0.25, 0.3) is 0 Å². The molecule has 0 radical (unpaired) electrons. The second-order valence-corrected chi connectivity index (χ2v) is 20.0. The fraction of sp³-hybridized carbons (Fsp3) is 0.933. The normalized spacial score (nSPS) is 19.7. The Bertz CT molecular complexity index is 1020. The lowest BCUT2D eigenvalue weighted by Gasteiger charge is -2.46. The molecule has 308 valence electrons. The maximum Gasteiger partial charge on any atom is 0.231 e. The summed E-state index contributed by atoms with van der Waals surface area (Å²) in [5, 5.41) is 15.0. The molecule has 2 aliphatic rings. The Morgan fingerprint density at radius 2 is 0.849 bits per heavy atom. The van der Waals surface area contributed by atoms with Gasteiger partial charge >= 0.3 is 0 Å². The second-order valence-electron chi connectivity index (χ2n) is 20.0. The molecule has 2 fully saturated rings. The van der Waals surface area contributed by atoms with Crippen molar-refractivity contribution in [2.75, 3.05) is 41.7 Å². The zero-order chi connectivity index (χ0) is 38.8. The van der Waals surface area contributed by atoms with Gasteiger partial charge in [-0.2, -0.15) is 15.0 Å². The molecule has 0 unspecified atom stereocenters. The molecule has 0 atom stereocenters. The van der Waals surface area contributed by atoms with Crippen LogP contribution in [0.4, 0.5) is 17.8 Å². The van der Waals surface area contributed by atoms with Gasteiger partial charge in [-0.25, -0.2) is 0 Å². The first-order valence-corrected chi connectivity index (χ1v) is 22.7. The quantitative estimate of drug-likeness (QED) is 0.0663. The average molecular weight is 741 g/mol. The van der Waals surface area contributed by atoms with E-state index in [0.717, 1.165) is 68.7 Å². The summed E-state index contributed by atoms with van der Waals surface area (Å²) >= 11 is 0. The fourth-order valence-corrected chi connectivity index (χ4v) is 10.1. The van der Waals surface area contributed by atoms with Crippen molar-refractivity contribution in [3.8, 4) is 0 Å². The number of hydrogen-bond acceptors (Lipinski definition) is 8. The molecule has 0 amide bonds. The van der Waals surface area contributed by atoms with Gasteiger partial charge in [-0.05, 0) is 119 Å². The summed E-state index contributed by atoms with van der Waals surface area (Å²) in [4.78, 5) is 17.6. The van der Waals surface area contributed by atoms with E-state index in [1.54, 1.807) is 0 Å². The molecule has 1 aromatic heterocycles. The van der Waals surface area contributed by atoms with E-state index in [9.17, 15) is 0 Å². The van der Waals surface area contributed by atoms with Crippen LogP contribution in [0, 0.1) is 11.8 Å². The average Bonchev–Trinajstić information content (AvgIpc) is 3.03. The van der Waals surface area contributed by atoms with Crippen molar-refractivity contribution in [3.05, 3.63) is 0 Å². The summed E-state index contributed by atoms with van der Waals surface area (Å²) in [6, 6.07) is 0. The van der Waals surface area contributed by atoms with Gasteiger partial charge in [0, 0.05) is 48.3 Å². The Hall–Kier alpha value is -1.67. The molecule has 0 aromatic carbocycles. The van der Waals surface area contributed by atoms with Crippen LogP contribution in [0.5, 0.6) is 0 Å². The van der Waals surface area contributed by atoms with Crippen LogP contribution in [0.1, 0.15) is 210 Å². The minimum Gasteiger partial charge on any atom is -0.354 e. The van der Waals surface area contributed by atoms with E-state index in [2.05, 4.69) is 95.4 Å². The summed E-state index contributed by atoms with van der Waals surface area (Å²) in [6.07, 6.45) is 28.0. The minimum atomic E-state index is 0.216. The number of nitrogens with zero attached hydrogens (tertiary/aromatic N) is 4. The molecular weight excluding hydrogens is 653 g/mol. The van der Waals surface area contributed by atoms with E-state index in [1.807, 2.05) is 0 Å². The highest BCUT2D eigenvalue weighted by molar-refractivity contribution is 5.43. The van der Waals surface area contributed by atoms with Crippen molar-refractivity contribution < 1.29 is 0 Å². The second kappa shape index (κ2) is 22.8. The summed E-state index contributed by atoms with van der Waals surface area (Å²) in [5.74, 6) is 3.89. The highest BCUT2D eigenvalue weighted by atomic mass is 15.3. The van der Waals surface area contributed by atoms with Crippen molar-refractivity contribution in [1.82, 2.24) is 25.6 Å². The van der Waals surface area contributed by atoms with Crippen molar-refractivity contribution in [1.29, 1.82) is 0 Å². The van der Waals surface area contributed by atoms with E-state index < -0.39 is 0 Å². The zero-order valence-corrected chi connectivity index (χ0v) is 36.8. The number of aromatic nitrogens is 3. The topological polar surface area (TPSA) is 90.0 Å². The van der Waals surface area contributed by atoms with E-state index in [4.69, 9.17) is 15.0 Å². The Kier molecular flexibility index (Phi) is 19.6. The van der Waals surface area contributed by atoms with E-state index in [1.165, 1.54) is 128 Å². The molecule has 8 nitrogen and oxygen atoms in total. The molecule has 2 aliphatic heterocycles. The van der Waals surface area contributed by atoms with Gasteiger partial charge in [-0.15, -0.1) is 0 Å². The molecule has 0 spiro atoms. The van der Waals surface area contributed by atoms with E-state index in [-0.39, 0.29) is 22.2 Å². The van der Waals surface area contributed by atoms with Crippen LogP contribution < -0.4 is 26.2 Å². The Balaban J connectivity index is 1.62. The number of nitrogens with one attached hydrogen (secondary N) is 4. The fourth-order valence-electron chi connectivity index (χ4n) is 10.1. The summed E-state index contributed by atoms with van der Waals surface area (Å²) in [7, 11) is 0. The van der Waals surface area contributed by atoms with Gasteiger partial charge in [0.1, 0.15) is 0 Å². The molecule has 53 heavy (non-hydrogen) atoms. The van der Waals surface area contributed by atoms with Crippen LogP contribution in [0.25, 0.3) is 0 Å². The Labute approximate surface area is 328 Å². The maximum absolute atomic E-state index is 5.09. The lowest BCUT2D eigenvalue weighted by atomic mass is 9.74. The van der Waals surface area contributed by atoms with Crippen molar-refractivity contribution >= 4 is 17.8 Å². The number of rotatable bonds is 27. The summed E-state index contributed by atoms with van der Waals surface area (Å²) < 4.78 is 0. The van der Waals surface area contributed by atoms with Gasteiger partial charge in [0.15, 0.2) is 0 Å². The highest BCUT2D eigenvalue weighted by Gasteiger charge is 2.38. The largest absolute Gasteiger partial charge is 0.354 e. The molecule has 3 heterocycles. The highest BCUT2D eigenvalue weighted by Crippen LogP contribution is 2.36. The molecule has 2 saturated heterocycles. The van der Waals surface area contributed by atoms with Crippen LogP contribution in [0.3, 0.4) is 0 Å². The van der Waals surface area contributed by atoms with Gasteiger partial charge in [0.2, 0.25) is 17.8 Å². The first kappa shape index (κ1) is 45.7. The van der Waals surface area contributed by atoms with Gasteiger partial charge < -0.3 is 26.2 Å². The number of piperidine rings is 2. The number of anilines is 3. The molecule has 8 heteroatoms. The number of hydrogen-bond donors (Lipinski definition) is 4. The first-order valence-electron chi connectivity index (χ1n) is 22.7. The van der Waals surface area contributed by atoms with Gasteiger partial charge in [-0.1, -0.05) is 104 Å². The molecule has 1 aromatic rings. The minimum absolute atomic E-state index is 0.216. The van der Waals surface area contributed by atoms with Crippen molar-refractivity contribution in [3.63, 3.8) is 0 Å². The molecule has 0 aliphatic carbocycles. The third-order valence-electron chi connectivity index (χ3n) is 11.7. The standard InChI is InChI=1S/C45H88N8/c1-11-13-15-17-19-25-31-53(32-26-20-18-16-14-12-2)41-49-39(46-29-23-21-27-37-33-42(3,4)51-43(5,6)34-37)48-40(50-41)47-30-24-22-28-38-35-44(7,8)52-45(9,10)36-38/h37-38,51-52H,11-36H2,1-10H3,(H2,46,47,48,49,50). The van der Waals surface area contributed by atoms with E-state index >= 15 is 0 Å². The van der Waals surface area contributed by atoms with Crippen LogP contribution in [-0.4, -0.2) is 63.3 Å². The predicted molar refractivity (Wildman–Crippen MR) is 232 cm³/mol. The van der Waals surface area contributed by atoms with Crippen molar-refractivity contribution in [2.45, 2.75) is 233 Å². The predicted octanol–water partition coefficient (Wildman–Crippen LogP) is 11.7. The third kappa shape index (κ3) is 19.2. The smallest absolute Gasteiger partial charge is 0.231 e. The molecular formula is C45H88N8. The lowest BCUT2D eigenvalue weighted by molar-refractivity contribution is 0.121. The van der Waals surface area contributed by atoms with E-state index in [0.29, 0.717) is 0 Å². The lowest BCUT2D eigenvalue weighted by Crippen LogP contribution is -2.57. The summed E-state index contributed by atoms with van der Waals surface area (Å²) in [6.45, 7) is 27.4. The van der Waals surface area contributed by atoms with Crippen LogP contribution in [-0.2, 0) is 0 Å². The molecule has 0 bridgehead atoms. The van der Waals surface area contributed by atoms with Crippen LogP contribution in [0.2, 0.25) is 0 Å². The zero-order valence-electron chi connectivity index (χ0n) is 36.8.